The van der Waals surface area contributed by atoms with Crippen molar-refractivity contribution in [1.29, 1.82) is 0 Å². The highest BCUT2D eigenvalue weighted by molar-refractivity contribution is 6.27. The monoisotopic (exact) mass is 319 g/mol. The lowest BCUT2D eigenvalue weighted by atomic mass is 10.1. The summed E-state index contributed by atoms with van der Waals surface area (Å²) in [4.78, 5) is 13.5. The number of nitrogens with zero attached hydrogens (tertiary/aromatic N) is 1. The minimum absolute atomic E-state index is 0.122. The van der Waals surface area contributed by atoms with Gasteiger partial charge in [0.1, 0.15) is 12.0 Å². The summed E-state index contributed by atoms with van der Waals surface area (Å²) < 4.78 is 36.8. The van der Waals surface area contributed by atoms with Crippen LogP contribution in [0.3, 0.4) is 0 Å². The molecule has 1 fully saturated rings. The normalized spacial score (nSPS) is 21.5. The molecule has 0 aromatic heterocycles. The fraction of sp³-hybridized carbons (Fsp3) is 0.500. The number of hydrogen-bond donors (Lipinski definition) is 0. The first-order chi connectivity index (χ1) is 10.1. The topological polar surface area (TPSA) is 38.8 Å². The molecule has 0 N–H and O–H groups in total. The van der Waals surface area contributed by atoms with Crippen LogP contribution in [0.2, 0.25) is 0 Å². The highest BCUT2D eigenvalue weighted by Gasteiger charge is 2.35. The van der Waals surface area contributed by atoms with E-state index in [0.29, 0.717) is 18.8 Å². The van der Waals surface area contributed by atoms with Crippen molar-refractivity contribution < 1.29 is 23.0 Å². The van der Waals surface area contributed by atoms with Gasteiger partial charge in [-0.3, -0.25) is 4.79 Å². The molecule has 0 radical (unpaired) electrons. The summed E-state index contributed by atoms with van der Waals surface area (Å²) in [5, 5.41) is 0. The highest BCUT2D eigenvalue weighted by atomic mass is 35.5. The van der Waals surface area contributed by atoms with E-state index in [-0.39, 0.29) is 30.5 Å². The van der Waals surface area contributed by atoms with Gasteiger partial charge >= 0.3 is 0 Å². The molecular weight excluding hydrogens is 304 g/mol. The SMILES string of the molecule is CO[C@@H]1COC[C@H]1N(Cc1ccc(F)c(F)c1)C(=O)CCl. The van der Waals surface area contributed by atoms with Gasteiger partial charge in [0.15, 0.2) is 11.6 Å². The number of ether oxygens (including phenoxy) is 2. The second-order valence-corrected chi connectivity index (χ2v) is 5.05. The first kappa shape index (κ1) is 16.1. The molecule has 116 valence electrons. The molecule has 2 rings (SSSR count). The maximum atomic E-state index is 13.3. The number of alkyl halides is 1. The molecule has 21 heavy (non-hydrogen) atoms. The summed E-state index contributed by atoms with van der Waals surface area (Å²) in [6.07, 6.45) is -0.262. The van der Waals surface area contributed by atoms with Gasteiger partial charge in [0.2, 0.25) is 5.91 Å². The summed E-state index contributed by atoms with van der Waals surface area (Å²) in [6.45, 7) is 0.826. The zero-order valence-electron chi connectivity index (χ0n) is 11.5. The van der Waals surface area contributed by atoms with Crippen LogP contribution in [0.15, 0.2) is 18.2 Å². The predicted octanol–water partition coefficient (Wildman–Crippen LogP) is 1.95. The minimum atomic E-state index is -0.947. The van der Waals surface area contributed by atoms with E-state index in [4.69, 9.17) is 21.1 Å². The maximum absolute atomic E-state index is 13.3. The summed E-state index contributed by atoms with van der Waals surface area (Å²) in [5.41, 5.74) is 0.481. The molecule has 1 aromatic rings. The molecule has 7 heteroatoms. The van der Waals surface area contributed by atoms with E-state index in [2.05, 4.69) is 0 Å². The fourth-order valence-electron chi connectivity index (χ4n) is 2.34. The van der Waals surface area contributed by atoms with Gasteiger partial charge in [-0.05, 0) is 17.7 Å². The smallest absolute Gasteiger partial charge is 0.238 e. The molecule has 1 saturated heterocycles. The lowest BCUT2D eigenvalue weighted by Crippen LogP contribution is -2.47. The second-order valence-electron chi connectivity index (χ2n) is 4.78. The number of methoxy groups -OCH3 is 1. The molecule has 1 aliphatic heterocycles. The van der Waals surface area contributed by atoms with E-state index < -0.39 is 11.6 Å². The third kappa shape index (κ3) is 3.70. The Hall–Kier alpha value is -1.24. The van der Waals surface area contributed by atoms with Crippen molar-refractivity contribution in [3.8, 4) is 0 Å². The lowest BCUT2D eigenvalue weighted by molar-refractivity contribution is -0.133. The van der Waals surface area contributed by atoms with Crippen LogP contribution in [0.25, 0.3) is 0 Å². The molecule has 1 heterocycles. The fourth-order valence-corrected chi connectivity index (χ4v) is 2.49. The van der Waals surface area contributed by atoms with E-state index in [1.165, 1.54) is 18.1 Å². The molecule has 0 saturated carbocycles. The standard InChI is InChI=1S/C14H16ClF2NO3/c1-20-13-8-21-7-12(13)18(14(19)5-15)6-9-2-3-10(16)11(17)4-9/h2-4,12-13H,5-8H2,1H3/t12-,13-/m1/s1. The molecule has 2 atom stereocenters. The van der Waals surface area contributed by atoms with Crippen molar-refractivity contribution in [1.82, 2.24) is 4.90 Å². The maximum Gasteiger partial charge on any atom is 0.238 e. The largest absolute Gasteiger partial charge is 0.377 e. The van der Waals surface area contributed by atoms with E-state index in [1.807, 2.05) is 0 Å². The summed E-state index contributed by atoms with van der Waals surface area (Å²) in [6, 6.07) is 3.24. The average Bonchev–Trinajstić information content (AvgIpc) is 2.95. The first-order valence-corrected chi connectivity index (χ1v) is 7.00. The minimum Gasteiger partial charge on any atom is -0.377 e. The third-order valence-electron chi connectivity index (χ3n) is 3.47. The molecular formula is C14H16ClF2NO3. The van der Waals surface area contributed by atoms with Crippen molar-refractivity contribution in [2.75, 3.05) is 26.2 Å². The van der Waals surface area contributed by atoms with Crippen LogP contribution in [0, 0.1) is 11.6 Å². The summed E-state index contributed by atoms with van der Waals surface area (Å²) in [7, 11) is 1.53. The van der Waals surface area contributed by atoms with E-state index in [1.54, 1.807) is 0 Å². The number of carbonyl (C=O) groups is 1. The van der Waals surface area contributed by atoms with Crippen molar-refractivity contribution in [3.63, 3.8) is 0 Å². The molecule has 0 spiro atoms. The van der Waals surface area contributed by atoms with Crippen LogP contribution >= 0.6 is 11.6 Å². The van der Waals surface area contributed by atoms with Crippen molar-refractivity contribution in [2.24, 2.45) is 0 Å². The molecule has 4 nitrogen and oxygen atoms in total. The Kier molecular flexibility index (Phi) is 5.50. The van der Waals surface area contributed by atoms with Crippen LogP contribution in [-0.4, -0.2) is 49.2 Å². The number of benzene rings is 1. The number of hydrogen-bond acceptors (Lipinski definition) is 3. The van der Waals surface area contributed by atoms with E-state index in [9.17, 15) is 13.6 Å². The molecule has 0 aliphatic carbocycles. The molecule has 1 aromatic carbocycles. The molecule has 1 amide bonds. The van der Waals surface area contributed by atoms with Crippen molar-refractivity contribution >= 4 is 17.5 Å². The third-order valence-corrected chi connectivity index (χ3v) is 3.70. The van der Waals surface area contributed by atoms with Crippen molar-refractivity contribution in [3.05, 3.63) is 35.4 Å². The van der Waals surface area contributed by atoms with Gasteiger partial charge in [-0.25, -0.2) is 8.78 Å². The van der Waals surface area contributed by atoms with Gasteiger partial charge < -0.3 is 14.4 Å². The predicted molar refractivity (Wildman–Crippen MR) is 73.0 cm³/mol. The first-order valence-electron chi connectivity index (χ1n) is 6.46. The van der Waals surface area contributed by atoms with Gasteiger partial charge in [0.05, 0.1) is 19.3 Å². The van der Waals surface area contributed by atoms with Crippen LogP contribution in [0.4, 0.5) is 8.78 Å². The Morgan fingerprint density at radius 1 is 1.43 bits per heavy atom. The zero-order chi connectivity index (χ0) is 15.4. The van der Waals surface area contributed by atoms with Crippen LogP contribution in [0.1, 0.15) is 5.56 Å². The molecule has 1 aliphatic rings. The number of halogens is 3. The number of carbonyl (C=O) groups excluding carboxylic acids is 1. The van der Waals surface area contributed by atoms with Crippen LogP contribution < -0.4 is 0 Å². The summed E-state index contributed by atoms with van der Waals surface area (Å²) in [5.74, 6) is -2.38. The average molecular weight is 320 g/mol. The number of rotatable bonds is 5. The van der Waals surface area contributed by atoms with Gasteiger partial charge in [0.25, 0.3) is 0 Å². The number of amides is 1. The Bertz CT molecular complexity index is 515. The Morgan fingerprint density at radius 2 is 2.19 bits per heavy atom. The lowest BCUT2D eigenvalue weighted by Gasteiger charge is -2.31. The quantitative estimate of drug-likeness (QED) is 0.779. The van der Waals surface area contributed by atoms with Gasteiger partial charge in [-0.1, -0.05) is 6.07 Å². The second kappa shape index (κ2) is 7.15. The highest BCUT2D eigenvalue weighted by Crippen LogP contribution is 2.20. The van der Waals surface area contributed by atoms with Crippen LogP contribution in [0.5, 0.6) is 0 Å². The van der Waals surface area contributed by atoms with E-state index in [0.717, 1.165) is 12.1 Å². The van der Waals surface area contributed by atoms with Gasteiger partial charge in [-0.15, -0.1) is 11.6 Å². The van der Waals surface area contributed by atoms with Crippen molar-refractivity contribution in [2.45, 2.75) is 18.7 Å². The zero-order valence-corrected chi connectivity index (χ0v) is 12.3. The van der Waals surface area contributed by atoms with E-state index >= 15 is 0 Å². The van der Waals surface area contributed by atoms with Gasteiger partial charge in [-0.2, -0.15) is 0 Å². The Balaban J connectivity index is 2.20. The molecule has 0 unspecified atom stereocenters. The summed E-state index contributed by atoms with van der Waals surface area (Å²) >= 11 is 5.63. The molecule has 0 bridgehead atoms. The Labute approximate surface area is 126 Å². The van der Waals surface area contributed by atoms with Crippen LogP contribution in [-0.2, 0) is 20.8 Å². The Morgan fingerprint density at radius 3 is 2.81 bits per heavy atom. The van der Waals surface area contributed by atoms with Gasteiger partial charge in [0, 0.05) is 13.7 Å².